The third kappa shape index (κ3) is 4.32. The summed E-state index contributed by atoms with van der Waals surface area (Å²) in [6.07, 6.45) is 3.43. The van der Waals surface area contributed by atoms with Crippen LogP contribution in [0.25, 0.3) is 22.5 Å². The fourth-order valence-electron chi connectivity index (χ4n) is 3.45. The Kier molecular flexibility index (Phi) is 5.55. The molecule has 9 heteroatoms. The van der Waals surface area contributed by atoms with Gasteiger partial charge in [-0.3, -0.25) is 14.2 Å². The number of imidazole rings is 1. The number of hydrogen-bond acceptors (Lipinski definition) is 5. The summed E-state index contributed by atoms with van der Waals surface area (Å²) < 4.78 is 3.42. The van der Waals surface area contributed by atoms with Crippen molar-refractivity contribution in [2.45, 2.75) is 18.2 Å². The summed E-state index contributed by atoms with van der Waals surface area (Å²) in [6.45, 7) is 0.857. The van der Waals surface area contributed by atoms with Crippen molar-refractivity contribution >= 4 is 35.0 Å². The molecular weight excluding hydrogens is 446 g/mol. The molecule has 4 aromatic rings. The van der Waals surface area contributed by atoms with E-state index in [1.807, 2.05) is 24.3 Å². The molecule has 0 aliphatic carbocycles. The molecule has 1 aliphatic heterocycles. The molecule has 0 atom stereocenters. The van der Waals surface area contributed by atoms with Gasteiger partial charge in [0.2, 0.25) is 5.91 Å². The lowest BCUT2D eigenvalue weighted by Crippen LogP contribution is -2.27. The van der Waals surface area contributed by atoms with Gasteiger partial charge in [-0.25, -0.2) is 9.97 Å². The van der Waals surface area contributed by atoms with Crippen molar-refractivity contribution in [1.29, 1.82) is 0 Å². The van der Waals surface area contributed by atoms with Crippen molar-refractivity contribution in [3.05, 3.63) is 82.5 Å². The summed E-state index contributed by atoms with van der Waals surface area (Å²) in [5, 5.41) is 4.47. The Labute approximate surface area is 193 Å². The van der Waals surface area contributed by atoms with E-state index < -0.39 is 0 Å². The van der Waals surface area contributed by atoms with Gasteiger partial charge < -0.3 is 9.88 Å². The van der Waals surface area contributed by atoms with E-state index in [4.69, 9.17) is 11.6 Å². The van der Waals surface area contributed by atoms with Crippen LogP contribution < -0.4 is 10.9 Å². The second kappa shape index (κ2) is 8.64. The van der Waals surface area contributed by atoms with Crippen molar-refractivity contribution < 1.29 is 4.79 Å². The Balaban J connectivity index is 1.24. The topological polar surface area (TPSA) is 81.8 Å². The van der Waals surface area contributed by atoms with Gasteiger partial charge in [0.25, 0.3) is 5.56 Å². The third-order valence-electron chi connectivity index (χ3n) is 5.10. The lowest BCUT2D eigenvalue weighted by Gasteiger charge is -2.08. The summed E-state index contributed by atoms with van der Waals surface area (Å²) in [4.78, 5) is 33.8. The minimum Gasteiger partial charge on any atom is -0.325 e. The maximum atomic E-state index is 12.4. The lowest BCUT2D eigenvalue weighted by atomic mass is 10.1. The molecule has 0 radical (unpaired) electrons. The van der Waals surface area contributed by atoms with E-state index in [1.54, 1.807) is 36.0 Å². The first-order chi connectivity index (χ1) is 15.5. The highest BCUT2D eigenvalue weighted by molar-refractivity contribution is 7.99. The summed E-state index contributed by atoms with van der Waals surface area (Å²) in [7, 11) is 0. The molecule has 0 saturated carbocycles. The molecule has 0 saturated heterocycles. The van der Waals surface area contributed by atoms with E-state index >= 15 is 0 Å². The van der Waals surface area contributed by atoms with Gasteiger partial charge in [0, 0.05) is 46.4 Å². The Morgan fingerprint density at radius 1 is 1.06 bits per heavy atom. The van der Waals surface area contributed by atoms with Crippen LogP contribution in [0.5, 0.6) is 0 Å². The van der Waals surface area contributed by atoms with Crippen LogP contribution in [0, 0.1) is 0 Å². The highest BCUT2D eigenvalue weighted by Gasteiger charge is 2.15. The molecule has 32 heavy (non-hydrogen) atoms. The summed E-state index contributed by atoms with van der Waals surface area (Å²) in [5.74, 6) is 0.758. The van der Waals surface area contributed by atoms with Crippen LogP contribution in [-0.4, -0.2) is 30.8 Å². The van der Waals surface area contributed by atoms with Crippen molar-refractivity contribution in [3.8, 4) is 22.5 Å². The quantitative estimate of drug-likeness (QED) is 0.480. The second-order valence-corrected chi connectivity index (χ2v) is 8.82. The molecule has 3 heterocycles. The first-order valence-electron chi connectivity index (χ1n) is 9.98. The molecule has 0 unspecified atom stereocenters. The predicted octanol–water partition coefficient (Wildman–Crippen LogP) is 4.17. The fraction of sp³-hybridized carbons (Fsp3) is 0.130. The summed E-state index contributed by atoms with van der Waals surface area (Å²) >= 11 is 7.65. The molecular formula is C23H18ClN5O2S. The van der Waals surface area contributed by atoms with Gasteiger partial charge in [-0.2, -0.15) is 0 Å². The Morgan fingerprint density at radius 3 is 2.50 bits per heavy atom. The van der Waals surface area contributed by atoms with Gasteiger partial charge >= 0.3 is 0 Å². The van der Waals surface area contributed by atoms with Crippen molar-refractivity contribution in [2.75, 3.05) is 11.1 Å². The maximum absolute atomic E-state index is 12.4. The number of halogens is 1. The maximum Gasteiger partial charge on any atom is 0.254 e. The van der Waals surface area contributed by atoms with Crippen LogP contribution in [-0.2, 0) is 17.9 Å². The van der Waals surface area contributed by atoms with Gasteiger partial charge in [-0.05, 0) is 24.3 Å². The smallest absolute Gasteiger partial charge is 0.254 e. The minimum atomic E-state index is -0.307. The van der Waals surface area contributed by atoms with Crippen LogP contribution in [0.15, 0.2) is 77.1 Å². The van der Waals surface area contributed by atoms with Gasteiger partial charge in [0.05, 0.1) is 17.7 Å². The zero-order valence-electron chi connectivity index (χ0n) is 16.9. The number of fused-ring (bicyclic) bond motifs is 1. The number of carbonyl (C=O) groups excluding carboxylic acids is 1. The van der Waals surface area contributed by atoms with Crippen LogP contribution >= 0.6 is 23.4 Å². The largest absolute Gasteiger partial charge is 0.325 e. The van der Waals surface area contributed by atoms with Crippen molar-refractivity contribution in [1.82, 2.24) is 19.1 Å². The number of aromatic nitrogens is 4. The number of thioether (sulfide) groups is 1. The molecule has 1 N–H and O–H groups in total. The van der Waals surface area contributed by atoms with Gasteiger partial charge in [0.15, 0.2) is 5.16 Å². The van der Waals surface area contributed by atoms with E-state index in [-0.39, 0.29) is 18.0 Å². The van der Waals surface area contributed by atoms with Gasteiger partial charge in [-0.1, -0.05) is 47.6 Å². The zero-order valence-corrected chi connectivity index (χ0v) is 18.4. The third-order valence-corrected chi connectivity index (χ3v) is 6.32. The monoisotopic (exact) mass is 463 g/mol. The molecule has 7 nitrogen and oxygen atoms in total. The van der Waals surface area contributed by atoms with E-state index in [1.165, 1.54) is 17.0 Å². The molecule has 5 rings (SSSR count). The van der Waals surface area contributed by atoms with Gasteiger partial charge in [0.1, 0.15) is 6.54 Å². The standard InChI is InChI=1S/C23H18ClN5O2S/c24-17-5-1-15(2-6-17)19-11-22(31)29(14-25-19)13-21(30)26-18-7-3-16(4-8-18)20-12-28-9-10-32-23(28)27-20/h1-8,11-12,14H,9-10,13H2,(H,26,30). The SMILES string of the molecule is O=C(Cn1cnc(-c2ccc(Cl)cc2)cc1=O)Nc1ccc(-c2cn3c(n2)SCC3)cc1. The van der Waals surface area contributed by atoms with Crippen molar-refractivity contribution in [2.24, 2.45) is 0 Å². The fourth-order valence-corrected chi connectivity index (χ4v) is 4.52. The van der Waals surface area contributed by atoms with Crippen LogP contribution in [0.4, 0.5) is 5.69 Å². The number of amides is 1. The Hall–Kier alpha value is -3.36. The normalized spacial score (nSPS) is 12.5. The number of nitrogens with zero attached hydrogens (tertiary/aromatic N) is 4. The first kappa shape index (κ1) is 20.5. The van der Waals surface area contributed by atoms with E-state index in [2.05, 4.69) is 26.0 Å². The van der Waals surface area contributed by atoms with E-state index in [0.29, 0.717) is 16.4 Å². The number of hydrogen-bond donors (Lipinski definition) is 1. The molecule has 0 bridgehead atoms. The average Bonchev–Trinajstić information content (AvgIpc) is 3.39. The van der Waals surface area contributed by atoms with E-state index in [0.717, 1.165) is 34.3 Å². The molecule has 2 aromatic heterocycles. The zero-order chi connectivity index (χ0) is 22.1. The van der Waals surface area contributed by atoms with Crippen LogP contribution in [0.1, 0.15) is 0 Å². The number of carbonyl (C=O) groups is 1. The summed E-state index contributed by atoms with van der Waals surface area (Å²) in [5.41, 5.74) is 3.57. The minimum absolute atomic E-state index is 0.126. The predicted molar refractivity (Wildman–Crippen MR) is 126 cm³/mol. The van der Waals surface area contributed by atoms with Crippen LogP contribution in [0.3, 0.4) is 0 Å². The van der Waals surface area contributed by atoms with Gasteiger partial charge in [-0.15, -0.1) is 0 Å². The number of benzene rings is 2. The highest BCUT2D eigenvalue weighted by atomic mass is 35.5. The molecule has 160 valence electrons. The Bertz CT molecular complexity index is 1320. The molecule has 2 aromatic carbocycles. The molecule has 0 fully saturated rings. The number of anilines is 1. The number of aryl methyl sites for hydroxylation is 1. The molecule has 0 spiro atoms. The van der Waals surface area contributed by atoms with E-state index in [9.17, 15) is 9.59 Å². The number of nitrogens with one attached hydrogen (secondary N) is 1. The molecule has 1 amide bonds. The molecule has 1 aliphatic rings. The number of rotatable bonds is 5. The Morgan fingerprint density at radius 2 is 1.78 bits per heavy atom. The second-order valence-electron chi connectivity index (χ2n) is 7.32. The average molecular weight is 464 g/mol. The van der Waals surface area contributed by atoms with Crippen LogP contribution in [0.2, 0.25) is 5.02 Å². The summed E-state index contributed by atoms with van der Waals surface area (Å²) in [6, 6.07) is 16.0. The first-order valence-corrected chi connectivity index (χ1v) is 11.3. The lowest BCUT2D eigenvalue weighted by molar-refractivity contribution is -0.116. The van der Waals surface area contributed by atoms with Crippen molar-refractivity contribution in [3.63, 3.8) is 0 Å². The highest BCUT2D eigenvalue weighted by Crippen LogP contribution is 2.29.